The lowest BCUT2D eigenvalue weighted by Gasteiger charge is -2.13. The van der Waals surface area contributed by atoms with E-state index < -0.39 is 0 Å². The molecule has 0 bridgehead atoms. The van der Waals surface area contributed by atoms with Crippen LogP contribution in [0.5, 0.6) is 0 Å². The summed E-state index contributed by atoms with van der Waals surface area (Å²) in [5.41, 5.74) is 1.48. The second-order valence-corrected chi connectivity index (χ2v) is 6.30. The lowest BCUT2D eigenvalue weighted by atomic mass is 10.2. The van der Waals surface area contributed by atoms with Gasteiger partial charge in [-0.2, -0.15) is 4.98 Å². The lowest BCUT2D eigenvalue weighted by molar-refractivity contribution is 0.0951. The summed E-state index contributed by atoms with van der Waals surface area (Å²) in [6.07, 6.45) is 6.37. The van der Waals surface area contributed by atoms with Gasteiger partial charge in [-0.15, -0.1) is 0 Å². The summed E-state index contributed by atoms with van der Waals surface area (Å²) in [4.78, 5) is 25.2. The van der Waals surface area contributed by atoms with Crippen molar-refractivity contribution in [2.75, 3.05) is 5.32 Å². The smallest absolute Gasteiger partial charge is 0.255 e. The molecule has 2 N–H and O–H groups in total. The van der Waals surface area contributed by atoms with Crippen molar-refractivity contribution in [1.82, 2.24) is 20.3 Å². The Bertz CT molecular complexity index is 896. The summed E-state index contributed by atoms with van der Waals surface area (Å²) in [6, 6.07) is 0. The Morgan fingerprint density at radius 2 is 2.17 bits per heavy atom. The molecule has 0 spiro atoms. The highest BCUT2D eigenvalue weighted by atomic mass is 16.3. The average Bonchev–Trinajstić information content (AvgIpc) is 2.96. The second-order valence-electron chi connectivity index (χ2n) is 6.30. The van der Waals surface area contributed by atoms with E-state index in [1.807, 2.05) is 0 Å². The minimum Gasteiger partial charge on any atom is -0.451 e. The summed E-state index contributed by atoms with van der Waals surface area (Å²) in [6.45, 7) is 4.20. The molecule has 1 saturated carbocycles. The van der Waals surface area contributed by atoms with Gasteiger partial charge in [0, 0.05) is 5.54 Å². The van der Waals surface area contributed by atoms with Crippen molar-refractivity contribution in [2.24, 2.45) is 0 Å². The van der Waals surface area contributed by atoms with E-state index in [9.17, 15) is 4.79 Å². The van der Waals surface area contributed by atoms with Crippen LogP contribution in [0.3, 0.4) is 0 Å². The third kappa shape index (κ3) is 2.70. The van der Waals surface area contributed by atoms with E-state index in [1.165, 1.54) is 18.9 Å². The highest BCUT2D eigenvalue weighted by molar-refractivity contribution is 6.08. The summed E-state index contributed by atoms with van der Waals surface area (Å²) in [5, 5.41) is 6.81. The number of nitrogens with zero attached hydrogens (tertiary/aromatic N) is 3. The highest BCUT2D eigenvalue weighted by Crippen LogP contribution is 2.39. The summed E-state index contributed by atoms with van der Waals surface area (Å²) in [5.74, 6) is 0.962. The molecule has 0 aromatic carbocycles. The summed E-state index contributed by atoms with van der Waals surface area (Å²) < 4.78 is 10.4. The molecule has 4 rings (SSSR count). The number of oxazole rings is 1. The van der Waals surface area contributed by atoms with E-state index in [0.717, 1.165) is 12.8 Å². The van der Waals surface area contributed by atoms with Crippen LogP contribution in [0.4, 0.5) is 5.82 Å². The molecule has 0 atom stereocenters. The van der Waals surface area contributed by atoms with Gasteiger partial charge < -0.3 is 19.5 Å². The van der Waals surface area contributed by atoms with E-state index in [-0.39, 0.29) is 18.0 Å². The van der Waals surface area contributed by atoms with Crippen molar-refractivity contribution >= 4 is 22.8 Å². The molecule has 1 fully saturated rings. The Hall–Kier alpha value is -2.90. The molecule has 1 aliphatic carbocycles. The number of aromatic nitrogens is 3. The molecule has 0 aliphatic heterocycles. The van der Waals surface area contributed by atoms with E-state index in [1.54, 1.807) is 6.92 Å². The van der Waals surface area contributed by atoms with Crippen LogP contribution in [0.1, 0.15) is 41.6 Å². The molecule has 1 amide bonds. The number of anilines is 1. The number of nitrogens with one attached hydrogen (secondary N) is 2. The number of rotatable bonds is 5. The van der Waals surface area contributed by atoms with E-state index in [4.69, 9.17) is 8.83 Å². The minimum absolute atomic E-state index is 0.0272. The predicted molar refractivity (Wildman–Crippen MR) is 85.5 cm³/mol. The fourth-order valence-corrected chi connectivity index (χ4v) is 2.50. The Morgan fingerprint density at radius 1 is 1.33 bits per heavy atom. The average molecular weight is 327 g/mol. The molecule has 3 heterocycles. The fourth-order valence-electron chi connectivity index (χ4n) is 2.50. The zero-order chi connectivity index (χ0) is 16.7. The Balaban J connectivity index is 1.66. The van der Waals surface area contributed by atoms with Crippen LogP contribution in [0.2, 0.25) is 0 Å². The van der Waals surface area contributed by atoms with Crippen LogP contribution in [-0.2, 0) is 6.54 Å². The molecule has 0 unspecified atom stereocenters. The second kappa shape index (κ2) is 5.33. The van der Waals surface area contributed by atoms with Crippen LogP contribution in [0, 0.1) is 6.92 Å². The molecule has 3 aromatic heterocycles. The molecular weight excluding hydrogens is 310 g/mol. The number of hydrogen-bond donors (Lipinski definition) is 2. The highest BCUT2D eigenvalue weighted by Gasteiger charge is 2.38. The van der Waals surface area contributed by atoms with Crippen molar-refractivity contribution in [3.63, 3.8) is 0 Å². The SMILES string of the molecule is Cc1nc(NC2(C)CC2)c2c(C(=O)NCc3cocn3)coc2n1. The van der Waals surface area contributed by atoms with Gasteiger partial charge in [0.2, 0.25) is 5.71 Å². The van der Waals surface area contributed by atoms with Crippen LogP contribution in [0.25, 0.3) is 11.1 Å². The predicted octanol–water partition coefficient (Wildman–Crippen LogP) is 2.41. The summed E-state index contributed by atoms with van der Waals surface area (Å²) >= 11 is 0. The largest absolute Gasteiger partial charge is 0.451 e. The number of carbonyl (C=O) groups excluding carboxylic acids is 1. The van der Waals surface area contributed by atoms with Crippen molar-refractivity contribution in [1.29, 1.82) is 0 Å². The van der Waals surface area contributed by atoms with Gasteiger partial charge in [0.1, 0.15) is 24.2 Å². The molecule has 8 heteroatoms. The first-order valence-electron chi connectivity index (χ1n) is 7.73. The van der Waals surface area contributed by atoms with Gasteiger partial charge in [0.05, 0.1) is 23.2 Å². The molecule has 0 radical (unpaired) electrons. The van der Waals surface area contributed by atoms with Crippen molar-refractivity contribution in [3.8, 4) is 0 Å². The van der Waals surface area contributed by atoms with Gasteiger partial charge in [0.25, 0.3) is 5.91 Å². The molecule has 0 saturated heterocycles. The molecule has 1 aliphatic rings. The quantitative estimate of drug-likeness (QED) is 0.741. The topological polar surface area (TPSA) is 106 Å². The van der Waals surface area contributed by atoms with Gasteiger partial charge in [-0.05, 0) is 26.7 Å². The standard InChI is InChI=1S/C16H17N5O3/c1-9-19-13(21-16(2)3-4-16)12-11(7-24-15(12)20-9)14(22)17-5-10-6-23-8-18-10/h6-8H,3-5H2,1-2H3,(H,17,22)(H,19,20,21). The maximum Gasteiger partial charge on any atom is 0.255 e. The molecule has 3 aromatic rings. The van der Waals surface area contributed by atoms with Gasteiger partial charge in [0.15, 0.2) is 6.39 Å². The van der Waals surface area contributed by atoms with Crippen molar-refractivity contribution in [2.45, 2.75) is 38.8 Å². The number of carbonyl (C=O) groups is 1. The van der Waals surface area contributed by atoms with Crippen LogP contribution in [-0.4, -0.2) is 26.4 Å². The maximum atomic E-state index is 12.5. The monoisotopic (exact) mass is 327 g/mol. The molecule has 24 heavy (non-hydrogen) atoms. The molecular formula is C16H17N5O3. The number of fused-ring (bicyclic) bond motifs is 1. The van der Waals surface area contributed by atoms with Crippen LogP contribution in [0.15, 0.2) is 27.8 Å². The number of aryl methyl sites for hydroxylation is 1. The number of amides is 1. The lowest BCUT2D eigenvalue weighted by Crippen LogP contribution is -2.23. The third-order valence-electron chi connectivity index (χ3n) is 4.12. The fraction of sp³-hybridized carbons (Fsp3) is 0.375. The van der Waals surface area contributed by atoms with Crippen molar-refractivity contribution in [3.05, 3.63) is 36.0 Å². The van der Waals surface area contributed by atoms with Gasteiger partial charge in [-0.3, -0.25) is 4.79 Å². The maximum absolute atomic E-state index is 12.5. The van der Waals surface area contributed by atoms with E-state index in [0.29, 0.717) is 34.0 Å². The van der Waals surface area contributed by atoms with Gasteiger partial charge >= 0.3 is 0 Å². The first-order chi connectivity index (χ1) is 11.5. The Labute approximate surface area is 137 Å². The number of furan rings is 1. The van der Waals surface area contributed by atoms with Crippen molar-refractivity contribution < 1.29 is 13.6 Å². The zero-order valence-corrected chi connectivity index (χ0v) is 13.4. The first kappa shape index (κ1) is 14.7. The summed E-state index contributed by atoms with van der Waals surface area (Å²) in [7, 11) is 0. The number of hydrogen-bond acceptors (Lipinski definition) is 7. The third-order valence-corrected chi connectivity index (χ3v) is 4.12. The van der Waals surface area contributed by atoms with Gasteiger partial charge in [-0.1, -0.05) is 0 Å². The Kier molecular flexibility index (Phi) is 3.26. The van der Waals surface area contributed by atoms with E-state index in [2.05, 4.69) is 32.5 Å². The minimum atomic E-state index is -0.270. The molecule has 124 valence electrons. The van der Waals surface area contributed by atoms with Crippen LogP contribution >= 0.6 is 0 Å². The zero-order valence-electron chi connectivity index (χ0n) is 13.4. The van der Waals surface area contributed by atoms with Gasteiger partial charge in [-0.25, -0.2) is 9.97 Å². The normalized spacial score (nSPS) is 15.4. The first-order valence-corrected chi connectivity index (χ1v) is 7.73. The van der Waals surface area contributed by atoms with Crippen LogP contribution < -0.4 is 10.6 Å². The Morgan fingerprint density at radius 3 is 2.88 bits per heavy atom. The molecule has 8 nitrogen and oxygen atoms in total. The van der Waals surface area contributed by atoms with E-state index >= 15 is 0 Å².